The molecule has 0 bridgehead atoms. The van der Waals surface area contributed by atoms with Gasteiger partial charge in [-0.1, -0.05) is 13.2 Å². The Kier molecular flexibility index (Phi) is 9.50. The van der Waals surface area contributed by atoms with Crippen molar-refractivity contribution in [3.05, 3.63) is 58.0 Å². The highest BCUT2D eigenvalue weighted by atomic mass is 16.3. The Morgan fingerprint density at radius 2 is 1.08 bits per heavy atom. The molecule has 0 aromatic heterocycles. The molecule has 8 nitrogen and oxygen atoms in total. The number of hydrogen-bond acceptors (Lipinski definition) is 8. The van der Waals surface area contributed by atoms with Gasteiger partial charge in [-0.15, -0.1) is 0 Å². The first-order valence-corrected chi connectivity index (χ1v) is 12.9. The lowest BCUT2D eigenvalue weighted by atomic mass is 10.1. The number of aromatic hydroxyl groups is 2. The van der Waals surface area contributed by atoms with E-state index in [1.165, 1.54) is 0 Å². The molecule has 0 aliphatic carbocycles. The summed E-state index contributed by atoms with van der Waals surface area (Å²) in [5.74, 6) is -0.349. The van der Waals surface area contributed by atoms with Crippen LogP contribution in [0.1, 0.15) is 25.0 Å². The maximum absolute atomic E-state index is 10.9. The summed E-state index contributed by atoms with van der Waals surface area (Å²) in [4.78, 5) is 4.16. The lowest BCUT2D eigenvalue weighted by Crippen LogP contribution is -2.26. The van der Waals surface area contributed by atoms with Crippen LogP contribution in [0.15, 0.2) is 36.4 Å². The number of anilines is 6. The van der Waals surface area contributed by atoms with Crippen LogP contribution < -0.4 is 30.9 Å². The van der Waals surface area contributed by atoms with Crippen molar-refractivity contribution in [3.8, 4) is 11.5 Å². The van der Waals surface area contributed by atoms with Crippen molar-refractivity contribution in [2.75, 3.05) is 59.8 Å². The van der Waals surface area contributed by atoms with Gasteiger partial charge in [-0.2, -0.15) is 0 Å². The van der Waals surface area contributed by atoms with Crippen molar-refractivity contribution in [1.82, 2.24) is 0 Å². The van der Waals surface area contributed by atoms with Gasteiger partial charge in [0.05, 0.1) is 29.8 Å². The summed E-state index contributed by atoms with van der Waals surface area (Å²) in [7, 11) is 0. The summed E-state index contributed by atoms with van der Waals surface area (Å²) in [6.07, 6.45) is 0. The molecule has 0 spiro atoms. The topological polar surface area (TPSA) is 111 Å². The first kappa shape index (κ1) is 28.7. The Hall–Kier alpha value is -3.88. The zero-order valence-corrected chi connectivity index (χ0v) is 22.8. The zero-order chi connectivity index (χ0) is 28.0. The van der Waals surface area contributed by atoms with E-state index < -0.39 is 0 Å². The van der Waals surface area contributed by atoms with Gasteiger partial charge in [-0.25, -0.2) is 0 Å². The van der Waals surface area contributed by atoms with Gasteiger partial charge in [0, 0.05) is 54.1 Å². The van der Waals surface area contributed by atoms with E-state index >= 15 is 0 Å². The lowest BCUT2D eigenvalue weighted by Gasteiger charge is -2.24. The molecule has 0 atom stereocenters. The van der Waals surface area contributed by atoms with E-state index in [2.05, 4.69) is 33.6 Å². The predicted octanol–water partition coefficient (Wildman–Crippen LogP) is 3.66. The van der Waals surface area contributed by atoms with E-state index in [0.717, 1.165) is 47.0 Å². The molecule has 0 aliphatic heterocycles. The van der Waals surface area contributed by atoms with Crippen molar-refractivity contribution in [3.63, 3.8) is 0 Å². The van der Waals surface area contributed by atoms with Crippen LogP contribution in [0.5, 0.6) is 11.5 Å². The Balaban J connectivity index is 1.98. The van der Waals surface area contributed by atoms with Gasteiger partial charge in [-0.05, 0) is 75.2 Å². The second kappa shape index (κ2) is 12.6. The number of benzene rings is 3. The Morgan fingerprint density at radius 1 is 0.684 bits per heavy atom. The van der Waals surface area contributed by atoms with Crippen LogP contribution in [0.4, 0.5) is 34.1 Å². The van der Waals surface area contributed by atoms with Gasteiger partial charge in [0.25, 0.3) is 0 Å². The highest BCUT2D eigenvalue weighted by Gasteiger charge is 2.17. The van der Waals surface area contributed by atoms with E-state index in [9.17, 15) is 20.4 Å². The molecule has 8 heteroatoms. The third kappa shape index (κ3) is 5.98. The number of phenols is 2. The Morgan fingerprint density at radius 3 is 1.39 bits per heavy atom. The quantitative estimate of drug-likeness (QED) is 0.159. The molecular weight excluding hydrogens is 480 g/mol. The summed E-state index contributed by atoms with van der Waals surface area (Å²) >= 11 is 0. The fourth-order valence-corrected chi connectivity index (χ4v) is 4.51. The first-order chi connectivity index (χ1) is 18.2. The number of aliphatic hydroxyl groups is 2. The molecule has 0 heterocycles. The second-order valence-electron chi connectivity index (χ2n) is 9.26. The maximum atomic E-state index is 10.9. The largest absolute Gasteiger partial charge is 0.505 e. The predicted molar refractivity (Wildman–Crippen MR) is 159 cm³/mol. The standard InChI is InChI=1S/C30H40N4O4/c1-7-33(13-15-35)23-9-11-25(19(3)17-23)31-27-21(5)28(30(38)22(6)29(27)37)32-26-12-10-24(18-20(26)4)34(8-2)14-16-36/h9-12,17-18,31-32,35-38H,5-8,13-16H2,1-4H3. The molecule has 0 aliphatic rings. The maximum Gasteiger partial charge on any atom is 0.150 e. The lowest BCUT2D eigenvalue weighted by molar-refractivity contribution is 0.302. The molecule has 204 valence electrons. The molecule has 0 radical (unpaired) electrons. The monoisotopic (exact) mass is 520 g/mol. The fourth-order valence-electron chi connectivity index (χ4n) is 4.51. The highest BCUT2D eigenvalue weighted by Crippen LogP contribution is 2.32. The minimum Gasteiger partial charge on any atom is -0.505 e. The van der Waals surface area contributed by atoms with Crippen LogP contribution in [0.2, 0.25) is 0 Å². The number of nitrogens with one attached hydrogen (secondary N) is 2. The summed E-state index contributed by atoms with van der Waals surface area (Å²) in [6, 6.07) is 11.8. The molecular formula is C30H40N4O4. The minimum absolute atomic E-state index is 0.0723. The molecule has 3 rings (SSSR count). The van der Waals surface area contributed by atoms with E-state index in [-0.39, 0.29) is 29.9 Å². The molecule has 0 saturated carbocycles. The van der Waals surface area contributed by atoms with Crippen LogP contribution in [0.3, 0.4) is 0 Å². The van der Waals surface area contributed by atoms with Crippen molar-refractivity contribution in [2.24, 2.45) is 0 Å². The average molecular weight is 521 g/mol. The first-order valence-electron chi connectivity index (χ1n) is 12.9. The van der Waals surface area contributed by atoms with Crippen LogP contribution in [0, 0.1) is 13.8 Å². The van der Waals surface area contributed by atoms with E-state index in [1.54, 1.807) is 0 Å². The van der Waals surface area contributed by atoms with E-state index in [4.69, 9.17) is 0 Å². The van der Waals surface area contributed by atoms with Crippen LogP contribution in [0.25, 0.3) is 13.2 Å². The second-order valence-corrected chi connectivity index (χ2v) is 9.26. The van der Waals surface area contributed by atoms with Crippen LogP contribution in [-0.4, -0.2) is 59.8 Å². The fraction of sp³-hybridized carbons (Fsp3) is 0.333. The zero-order valence-electron chi connectivity index (χ0n) is 22.8. The van der Waals surface area contributed by atoms with Gasteiger partial charge in [0.2, 0.25) is 0 Å². The number of nitrogens with zero attached hydrogens (tertiary/aromatic N) is 2. The molecule has 0 unspecified atom stereocenters. The highest BCUT2D eigenvalue weighted by molar-refractivity contribution is 5.81. The van der Waals surface area contributed by atoms with Gasteiger partial charge in [-0.3, -0.25) is 0 Å². The summed E-state index contributed by atoms with van der Waals surface area (Å²) in [5.41, 5.74) is 6.12. The molecule has 0 saturated heterocycles. The Bertz CT molecular complexity index is 1280. The number of aliphatic hydroxyl groups excluding tert-OH is 2. The summed E-state index contributed by atoms with van der Waals surface area (Å²) in [6.45, 7) is 18.8. The van der Waals surface area contributed by atoms with Crippen molar-refractivity contribution in [2.45, 2.75) is 27.7 Å². The van der Waals surface area contributed by atoms with Gasteiger partial charge in [0.1, 0.15) is 11.5 Å². The minimum atomic E-state index is -0.174. The normalized spacial score (nSPS) is 10.9. The SMILES string of the molecule is C=c1c(O)c(Nc2ccc(N(CC)CCO)cc2C)c(=C)c(Nc2ccc(N(CC)CCO)cc2C)c1O. The van der Waals surface area contributed by atoms with Crippen molar-refractivity contribution < 1.29 is 20.4 Å². The molecule has 0 fully saturated rings. The van der Waals surface area contributed by atoms with Gasteiger partial charge in [0.15, 0.2) is 0 Å². The third-order valence-electron chi connectivity index (χ3n) is 6.82. The average Bonchev–Trinajstić information content (AvgIpc) is 2.91. The molecule has 3 aromatic rings. The number of hydrogen-bond donors (Lipinski definition) is 6. The smallest absolute Gasteiger partial charge is 0.150 e. The van der Waals surface area contributed by atoms with Gasteiger partial charge < -0.3 is 40.9 Å². The Labute approximate surface area is 224 Å². The van der Waals surface area contributed by atoms with Gasteiger partial charge >= 0.3 is 0 Å². The number of aryl methyl sites for hydroxylation is 2. The summed E-state index contributed by atoms with van der Waals surface area (Å²) in [5, 5.41) is 47.5. The van der Waals surface area contributed by atoms with Crippen LogP contribution in [-0.2, 0) is 0 Å². The number of likely N-dealkylation sites (N-methyl/N-ethyl adjacent to an activating group) is 2. The number of rotatable bonds is 12. The molecule has 0 amide bonds. The van der Waals surface area contributed by atoms with Crippen LogP contribution >= 0.6 is 0 Å². The van der Waals surface area contributed by atoms with Crippen molar-refractivity contribution >= 4 is 47.3 Å². The van der Waals surface area contributed by atoms with E-state index in [1.807, 2.05) is 64.1 Å². The molecule has 3 aromatic carbocycles. The third-order valence-corrected chi connectivity index (χ3v) is 6.82. The number of phenolic OH excluding ortho intramolecular Hbond substituents is 2. The van der Waals surface area contributed by atoms with E-state index in [0.29, 0.717) is 29.7 Å². The molecule has 38 heavy (non-hydrogen) atoms. The molecule has 6 N–H and O–H groups in total. The summed E-state index contributed by atoms with van der Waals surface area (Å²) < 4.78 is 0. The van der Waals surface area contributed by atoms with Crippen molar-refractivity contribution in [1.29, 1.82) is 0 Å².